The summed E-state index contributed by atoms with van der Waals surface area (Å²) in [6, 6.07) is 16.8. The Bertz CT molecular complexity index is 1660. The Hall–Kier alpha value is -4.77. The van der Waals surface area contributed by atoms with Gasteiger partial charge in [-0.25, -0.2) is 9.37 Å². The lowest BCUT2D eigenvalue weighted by atomic mass is 10.1. The molecule has 0 aliphatic carbocycles. The number of amides is 2. The maximum Gasteiger partial charge on any atom is 0.255 e. The smallest absolute Gasteiger partial charge is 0.255 e. The summed E-state index contributed by atoms with van der Waals surface area (Å²) in [4.78, 5) is 40.6. The molecule has 230 valence electrons. The number of carbonyl (C=O) groups excluding carboxylic acids is 2. The average molecular weight is 601 g/mol. The Balaban J connectivity index is 0.00000384. The lowest BCUT2D eigenvalue weighted by Crippen LogP contribution is -2.43. The van der Waals surface area contributed by atoms with Gasteiger partial charge in [-0.3, -0.25) is 9.59 Å². The van der Waals surface area contributed by atoms with Crippen LogP contribution in [-0.4, -0.2) is 79.7 Å². The highest BCUT2D eigenvalue weighted by atomic mass is 19.1. The summed E-state index contributed by atoms with van der Waals surface area (Å²) < 4.78 is 26.2. The molecule has 11 heteroatoms. The van der Waals surface area contributed by atoms with E-state index >= 15 is 0 Å². The Labute approximate surface area is 256 Å². The van der Waals surface area contributed by atoms with Crippen molar-refractivity contribution in [2.24, 2.45) is 0 Å². The fraction of sp³-hybridized carbons (Fsp3) is 0.333. The number of anilines is 3. The van der Waals surface area contributed by atoms with Gasteiger partial charge in [-0.05, 0) is 43.2 Å². The van der Waals surface area contributed by atoms with Crippen LogP contribution < -0.4 is 19.9 Å². The Kier molecular flexibility index (Phi) is 9.24. The molecule has 0 spiro atoms. The van der Waals surface area contributed by atoms with Gasteiger partial charge in [-0.1, -0.05) is 31.7 Å². The highest BCUT2D eigenvalue weighted by Gasteiger charge is 2.33. The number of nitrogens with one attached hydrogen (secondary N) is 1. The predicted molar refractivity (Wildman–Crippen MR) is 169 cm³/mol. The van der Waals surface area contributed by atoms with Crippen molar-refractivity contribution in [1.82, 2.24) is 14.9 Å². The second-order valence-electron chi connectivity index (χ2n) is 10.8. The minimum atomic E-state index is -0.474. The van der Waals surface area contributed by atoms with Crippen molar-refractivity contribution in [1.29, 1.82) is 0 Å². The van der Waals surface area contributed by atoms with Crippen molar-refractivity contribution in [3.63, 3.8) is 0 Å². The summed E-state index contributed by atoms with van der Waals surface area (Å²) in [6.45, 7) is 3.08. The largest absolute Gasteiger partial charge is 0.438 e. The number of hydrogen-bond acceptors (Lipinski definition) is 8. The van der Waals surface area contributed by atoms with E-state index in [1.807, 2.05) is 34.1 Å². The molecule has 2 aliphatic rings. The van der Waals surface area contributed by atoms with Gasteiger partial charge in [-0.15, -0.1) is 0 Å². The highest BCUT2D eigenvalue weighted by Crippen LogP contribution is 2.35. The molecule has 0 unspecified atom stereocenters. The molecule has 1 atom stereocenters. The quantitative estimate of drug-likeness (QED) is 0.303. The second-order valence-corrected chi connectivity index (χ2v) is 10.8. The van der Waals surface area contributed by atoms with E-state index in [-0.39, 0.29) is 24.9 Å². The summed E-state index contributed by atoms with van der Waals surface area (Å²) in [5, 5.41) is 4.46. The van der Waals surface area contributed by atoms with Gasteiger partial charge in [0.1, 0.15) is 17.6 Å². The number of halogens is 1. The molecule has 6 rings (SSSR count). The zero-order chi connectivity index (χ0) is 29.9. The molecule has 2 aliphatic heterocycles. The standard InChI is InChI=1S/C32H33FN6O4.CH4/c1-37(2)31(41)27-8-5-13-39(27)32-34-12-11-29(36-32)43-28-10-9-26(24-6-3-4-7-25(24)28)35-30(40)21-18-22(33)20-23(19-21)38-14-16-42-17-15-38;/h3-4,6-7,9-12,18-20,27H,5,8,13-17H2,1-2H3,(H,35,40);1H4/t27-;/m0./s1. The number of rotatable bonds is 7. The molecule has 0 saturated carbocycles. The molecule has 44 heavy (non-hydrogen) atoms. The number of aromatic nitrogens is 2. The van der Waals surface area contributed by atoms with Crippen LogP contribution in [0.1, 0.15) is 30.6 Å². The van der Waals surface area contributed by atoms with E-state index in [0.717, 1.165) is 23.6 Å². The number of morpholine rings is 1. The molecule has 0 radical (unpaired) electrons. The van der Waals surface area contributed by atoms with Crippen molar-refractivity contribution < 1.29 is 23.5 Å². The van der Waals surface area contributed by atoms with Crippen molar-refractivity contribution >= 4 is 39.9 Å². The maximum atomic E-state index is 14.5. The van der Waals surface area contributed by atoms with Gasteiger partial charge < -0.3 is 29.5 Å². The first-order chi connectivity index (χ1) is 20.9. The van der Waals surface area contributed by atoms with Crippen LogP contribution in [0.25, 0.3) is 10.8 Å². The van der Waals surface area contributed by atoms with Gasteiger partial charge in [0, 0.05) is 73.7 Å². The number of ether oxygens (including phenoxy) is 2. The lowest BCUT2D eigenvalue weighted by Gasteiger charge is -2.29. The van der Waals surface area contributed by atoms with Crippen LogP contribution in [0.15, 0.2) is 66.9 Å². The van der Waals surface area contributed by atoms with Crippen LogP contribution in [0.5, 0.6) is 11.6 Å². The van der Waals surface area contributed by atoms with Crippen LogP contribution in [0, 0.1) is 5.82 Å². The number of likely N-dealkylation sites (N-methyl/N-ethyl adjacent to an activating group) is 1. The molecular formula is C33H37FN6O4. The van der Waals surface area contributed by atoms with Crippen molar-refractivity contribution in [3.8, 4) is 11.6 Å². The second kappa shape index (κ2) is 13.3. The lowest BCUT2D eigenvalue weighted by molar-refractivity contribution is -0.129. The van der Waals surface area contributed by atoms with Gasteiger partial charge in [0.2, 0.25) is 17.7 Å². The van der Waals surface area contributed by atoms with E-state index in [1.165, 1.54) is 12.1 Å². The SMILES string of the molecule is C.CN(C)C(=O)[C@@H]1CCCN1c1nccc(Oc2ccc(NC(=O)c3cc(F)cc(N4CCOCC4)c3)c3ccccc23)n1. The Morgan fingerprint density at radius 1 is 1.02 bits per heavy atom. The normalized spacial score (nSPS) is 16.4. The zero-order valence-corrected chi connectivity index (χ0v) is 24.1. The summed E-state index contributed by atoms with van der Waals surface area (Å²) in [7, 11) is 3.49. The molecule has 1 aromatic heterocycles. The molecule has 4 aromatic rings. The fourth-order valence-corrected chi connectivity index (χ4v) is 5.57. The van der Waals surface area contributed by atoms with Gasteiger partial charge in [0.05, 0.1) is 13.2 Å². The van der Waals surface area contributed by atoms with Crippen molar-refractivity contribution in [2.75, 3.05) is 62.1 Å². The number of nitrogens with zero attached hydrogens (tertiary/aromatic N) is 5. The van der Waals surface area contributed by atoms with Crippen LogP contribution in [0.4, 0.5) is 21.7 Å². The zero-order valence-electron chi connectivity index (χ0n) is 24.1. The van der Waals surface area contributed by atoms with Crippen LogP contribution in [-0.2, 0) is 9.53 Å². The summed E-state index contributed by atoms with van der Waals surface area (Å²) in [5.74, 6) is 0.451. The summed E-state index contributed by atoms with van der Waals surface area (Å²) in [6.07, 6.45) is 3.24. The van der Waals surface area contributed by atoms with E-state index in [2.05, 4.69) is 15.3 Å². The number of benzene rings is 3. The van der Waals surface area contributed by atoms with Gasteiger partial charge >= 0.3 is 0 Å². The summed E-state index contributed by atoms with van der Waals surface area (Å²) >= 11 is 0. The third-order valence-corrected chi connectivity index (χ3v) is 7.72. The third-order valence-electron chi connectivity index (χ3n) is 7.72. The third kappa shape index (κ3) is 6.42. The van der Waals surface area contributed by atoms with E-state index in [4.69, 9.17) is 9.47 Å². The Morgan fingerprint density at radius 3 is 2.57 bits per heavy atom. The molecule has 2 fully saturated rings. The Morgan fingerprint density at radius 2 is 1.80 bits per heavy atom. The molecule has 10 nitrogen and oxygen atoms in total. The van der Waals surface area contributed by atoms with Crippen LogP contribution in [0.3, 0.4) is 0 Å². The average Bonchev–Trinajstić information content (AvgIpc) is 3.52. The van der Waals surface area contributed by atoms with Crippen LogP contribution >= 0.6 is 0 Å². The molecule has 1 N–H and O–H groups in total. The van der Waals surface area contributed by atoms with E-state index in [1.54, 1.807) is 49.5 Å². The van der Waals surface area contributed by atoms with Crippen LogP contribution in [0.2, 0.25) is 0 Å². The van der Waals surface area contributed by atoms with Crippen molar-refractivity contribution in [2.45, 2.75) is 26.3 Å². The van der Waals surface area contributed by atoms with E-state index < -0.39 is 11.7 Å². The number of fused-ring (bicyclic) bond motifs is 1. The maximum absolute atomic E-state index is 14.5. The molecule has 0 bridgehead atoms. The molecule has 2 amide bonds. The first kappa shape index (κ1) is 30.7. The first-order valence-corrected chi connectivity index (χ1v) is 14.3. The topological polar surface area (TPSA) is 100 Å². The van der Waals surface area contributed by atoms with E-state index in [9.17, 15) is 14.0 Å². The van der Waals surface area contributed by atoms with E-state index in [0.29, 0.717) is 61.8 Å². The number of carbonyl (C=O) groups is 2. The van der Waals surface area contributed by atoms with Gasteiger partial charge in [-0.2, -0.15) is 4.98 Å². The molecular weight excluding hydrogens is 563 g/mol. The monoisotopic (exact) mass is 600 g/mol. The highest BCUT2D eigenvalue weighted by molar-refractivity contribution is 6.10. The predicted octanol–water partition coefficient (Wildman–Crippen LogP) is 5.34. The molecule has 3 aromatic carbocycles. The molecule has 3 heterocycles. The minimum absolute atomic E-state index is 0. The fourth-order valence-electron chi connectivity index (χ4n) is 5.57. The number of hydrogen-bond donors (Lipinski definition) is 1. The molecule has 2 saturated heterocycles. The van der Waals surface area contributed by atoms with Gasteiger partial charge in [0.25, 0.3) is 5.91 Å². The summed E-state index contributed by atoms with van der Waals surface area (Å²) in [5.41, 5.74) is 1.45. The minimum Gasteiger partial charge on any atom is -0.438 e. The first-order valence-electron chi connectivity index (χ1n) is 14.3. The van der Waals surface area contributed by atoms with Gasteiger partial charge in [0.15, 0.2) is 0 Å². The van der Waals surface area contributed by atoms with Crippen molar-refractivity contribution in [3.05, 3.63) is 78.2 Å².